The van der Waals surface area contributed by atoms with Crippen molar-refractivity contribution in [2.45, 2.75) is 39.5 Å². The molecule has 0 saturated carbocycles. The Labute approximate surface area is 142 Å². The minimum Gasteiger partial charge on any atom is -0.355 e. The van der Waals surface area contributed by atoms with Crippen LogP contribution in [0.15, 0.2) is 17.6 Å². The van der Waals surface area contributed by atoms with Gasteiger partial charge in [-0.1, -0.05) is 26.3 Å². The fourth-order valence-corrected chi connectivity index (χ4v) is 3.75. The molecule has 0 atom stereocenters. The van der Waals surface area contributed by atoms with Gasteiger partial charge in [0.25, 0.3) is 0 Å². The molecule has 0 aromatic carbocycles. The second-order valence-corrected chi connectivity index (χ2v) is 7.52. The molecule has 1 N–H and O–H groups in total. The summed E-state index contributed by atoms with van der Waals surface area (Å²) in [4.78, 5) is 6.25. The van der Waals surface area contributed by atoms with Gasteiger partial charge in [-0.25, -0.2) is 12.7 Å². The molecule has 6 nitrogen and oxygen atoms in total. The smallest absolute Gasteiger partial charge is 0.215 e. The molecule has 0 spiro atoms. The number of hydrogen-bond donors (Lipinski definition) is 1. The third kappa shape index (κ3) is 8.95. The highest BCUT2D eigenvalue weighted by molar-refractivity contribution is 7.89. The van der Waals surface area contributed by atoms with Gasteiger partial charge in [-0.3, -0.25) is 4.99 Å². The van der Waals surface area contributed by atoms with Gasteiger partial charge in [0.05, 0.1) is 5.75 Å². The summed E-state index contributed by atoms with van der Waals surface area (Å²) in [6.45, 7) is 9.72. The van der Waals surface area contributed by atoms with Crippen molar-refractivity contribution in [3.8, 4) is 0 Å². The Morgan fingerprint density at radius 3 is 2.39 bits per heavy atom. The summed E-state index contributed by atoms with van der Waals surface area (Å²) in [6.07, 6.45) is 6.40. The van der Waals surface area contributed by atoms with E-state index in [0.29, 0.717) is 19.6 Å². The number of rotatable bonds is 12. The van der Waals surface area contributed by atoms with Crippen LogP contribution in [0.25, 0.3) is 0 Å². The fourth-order valence-electron chi connectivity index (χ4n) is 2.34. The Morgan fingerprint density at radius 2 is 1.87 bits per heavy atom. The van der Waals surface area contributed by atoms with Crippen molar-refractivity contribution in [2.75, 3.05) is 46.0 Å². The molecular weight excluding hydrogens is 312 g/mol. The summed E-state index contributed by atoms with van der Waals surface area (Å²) in [6, 6.07) is 0. The molecule has 0 amide bonds. The highest BCUT2D eigenvalue weighted by atomic mass is 32.2. The Bertz CT molecular complexity index is 445. The second kappa shape index (κ2) is 12.4. The van der Waals surface area contributed by atoms with Gasteiger partial charge in [0, 0.05) is 40.3 Å². The maximum atomic E-state index is 12.1. The second-order valence-electron chi connectivity index (χ2n) is 5.43. The van der Waals surface area contributed by atoms with Crippen molar-refractivity contribution < 1.29 is 8.42 Å². The van der Waals surface area contributed by atoms with Gasteiger partial charge in [-0.05, 0) is 19.3 Å². The van der Waals surface area contributed by atoms with Gasteiger partial charge >= 0.3 is 0 Å². The molecule has 23 heavy (non-hydrogen) atoms. The van der Waals surface area contributed by atoms with E-state index in [1.165, 1.54) is 4.31 Å². The number of hydrogen-bond acceptors (Lipinski definition) is 3. The molecule has 0 heterocycles. The zero-order valence-electron chi connectivity index (χ0n) is 15.2. The van der Waals surface area contributed by atoms with Crippen LogP contribution >= 0.6 is 0 Å². The van der Waals surface area contributed by atoms with E-state index < -0.39 is 10.0 Å². The highest BCUT2D eigenvalue weighted by Crippen LogP contribution is 2.02. The van der Waals surface area contributed by atoms with Crippen LogP contribution in [0.2, 0.25) is 0 Å². The lowest BCUT2D eigenvalue weighted by Gasteiger charge is -2.23. The Kier molecular flexibility index (Phi) is 11.8. The first-order chi connectivity index (χ1) is 10.9. The number of aliphatic imine (C=N–C) groups is 1. The molecule has 0 aliphatic rings. The van der Waals surface area contributed by atoms with Gasteiger partial charge in [0.2, 0.25) is 10.0 Å². The molecule has 0 aromatic rings. The number of unbranched alkanes of at least 4 members (excludes halogenated alkanes) is 3. The molecule has 0 aliphatic heterocycles. The standard InChI is InChI=1S/C16H34N4O2S/c1-6-9-10-11-12-14-19(5)16(17-4)18-13-15-23(21,22)20(7-2)8-3/h6H,1,7-15H2,2-5H3,(H,17,18). The lowest BCUT2D eigenvalue weighted by molar-refractivity contribution is 0.442. The van der Waals surface area contributed by atoms with Gasteiger partial charge < -0.3 is 10.2 Å². The van der Waals surface area contributed by atoms with Crippen LogP contribution in [0.5, 0.6) is 0 Å². The van der Waals surface area contributed by atoms with Crippen molar-refractivity contribution in [3.63, 3.8) is 0 Å². The first-order valence-corrected chi connectivity index (χ1v) is 10.0. The van der Waals surface area contributed by atoms with Gasteiger partial charge in [-0.15, -0.1) is 6.58 Å². The SMILES string of the molecule is C=CCCCCCN(C)C(=NC)NCCS(=O)(=O)N(CC)CC. The van der Waals surface area contributed by atoms with E-state index in [9.17, 15) is 8.42 Å². The zero-order valence-corrected chi connectivity index (χ0v) is 16.0. The summed E-state index contributed by atoms with van der Waals surface area (Å²) in [7, 11) is 0.500. The summed E-state index contributed by atoms with van der Waals surface area (Å²) in [5.41, 5.74) is 0. The van der Waals surface area contributed by atoms with Crippen LogP contribution in [0, 0.1) is 0 Å². The third-order valence-corrected chi connectivity index (χ3v) is 5.74. The molecule has 7 heteroatoms. The highest BCUT2D eigenvalue weighted by Gasteiger charge is 2.18. The van der Waals surface area contributed by atoms with Gasteiger partial charge in [0.15, 0.2) is 5.96 Å². The monoisotopic (exact) mass is 346 g/mol. The molecule has 0 unspecified atom stereocenters. The van der Waals surface area contributed by atoms with E-state index in [1.54, 1.807) is 7.05 Å². The van der Waals surface area contributed by atoms with Crippen LogP contribution in [0.1, 0.15) is 39.5 Å². The summed E-state index contributed by atoms with van der Waals surface area (Å²) in [5.74, 6) is 0.824. The lowest BCUT2D eigenvalue weighted by Crippen LogP contribution is -2.43. The molecule has 0 saturated heterocycles. The Hall–Kier alpha value is -1.08. The van der Waals surface area contributed by atoms with Gasteiger partial charge in [-0.2, -0.15) is 0 Å². The maximum Gasteiger partial charge on any atom is 0.215 e. The van der Waals surface area contributed by atoms with Crippen LogP contribution < -0.4 is 5.32 Å². The summed E-state index contributed by atoms with van der Waals surface area (Å²) < 4.78 is 25.7. The summed E-state index contributed by atoms with van der Waals surface area (Å²) in [5, 5.41) is 3.13. The van der Waals surface area contributed by atoms with Crippen molar-refractivity contribution in [3.05, 3.63) is 12.7 Å². The normalized spacial score (nSPS) is 12.5. The van der Waals surface area contributed by atoms with E-state index in [0.717, 1.165) is 38.2 Å². The van der Waals surface area contributed by atoms with E-state index in [4.69, 9.17) is 0 Å². The predicted octanol–water partition coefficient (Wildman–Crippen LogP) is 1.91. The average molecular weight is 347 g/mol. The van der Waals surface area contributed by atoms with E-state index in [1.807, 2.05) is 31.9 Å². The van der Waals surface area contributed by atoms with Crippen molar-refractivity contribution in [2.24, 2.45) is 4.99 Å². The molecule has 0 radical (unpaired) electrons. The number of allylic oxidation sites excluding steroid dienone is 1. The lowest BCUT2D eigenvalue weighted by atomic mass is 10.2. The number of nitrogens with zero attached hydrogens (tertiary/aromatic N) is 3. The van der Waals surface area contributed by atoms with Gasteiger partial charge in [0.1, 0.15) is 0 Å². The Morgan fingerprint density at radius 1 is 1.22 bits per heavy atom. The minimum atomic E-state index is -3.19. The number of sulfonamides is 1. The molecule has 0 aliphatic carbocycles. The third-order valence-electron chi connectivity index (χ3n) is 3.72. The zero-order chi connectivity index (χ0) is 17.7. The molecule has 136 valence electrons. The van der Waals surface area contributed by atoms with Crippen LogP contribution in [0.3, 0.4) is 0 Å². The van der Waals surface area contributed by atoms with Crippen LogP contribution in [-0.4, -0.2) is 69.6 Å². The van der Waals surface area contributed by atoms with Crippen LogP contribution in [0.4, 0.5) is 0 Å². The average Bonchev–Trinajstić information content (AvgIpc) is 2.52. The minimum absolute atomic E-state index is 0.0842. The Balaban J connectivity index is 4.22. The molecular formula is C16H34N4O2S. The number of nitrogens with one attached hydrogen (secondary N) is 1. The summed E-state index contributed by atoms with van der Waals surface area (Å²) >= 11 is 0. The first-order valence-electron chi connectivity index (χ1n) is 8.43. The fraction of sp³-hybridized carbons (Fsp3) is 0.812. The maximum absolute atomic E-state index is 12.1. The van der Waals surface area contributed by atoms with Crippen molar-refractivity contribution in [1.82, 2.24) is 14.5 Å². The number of guanidine groups is 1. The molecule has 0 aromatic heterocycles. The van der Waals surface area contributed by atoms with Crippen molar-refractivity contribution in [1.29, 1.82) is 0 Å². The first kappa shape index (κ1) is 21.9. The van der Waals surface area contributed by atoms with E-state index >= 15 is 0 Å². The molecule has 0 bridgehead atoms. The largest absolute Gasteiger partial charge is 0.355 e. The quantitative estimate of drug-likeness (QED) is 0.254. The molecule has 0 fully saturated rings. The predicted molar refractivity (Wildman–Crippen MR) is 99.4 cm³/mol. The molecule has 0 rings (SSSR count). The van der Waals surface area contributed by atoms with Crippen LogP contribution in [-0.2, 0) is 10.0 Å². The van der Waals surface area contributed by atoms with E-state index in [-0.39, 0.29) is 5.75 Å². The topological polar surface area (TPSA) is 65.0 Å². The van der Waals surface area contributed by atoms with Crippen molar-refractivity contribution >= 4 is 16.0 Å². The van der Waals surface area contributed by atoms with E-state index in [2.05, 4.69) is 16.9 Å².